The van der Waals surface area contributed by atoms with Gasteiger partial charge in [-0.2, -0.15) is 0 Å². The van der Waals surface area contributed by atoms with Crippen molar-refractivity contribution < 1.29 is 9.90 Å². The van der Waals surface area contributed by atoms with Gasteiger partial charge in [-0.1, -0.05) is 0 Å². The van der Waals surface area contributed by atoms with E-state index in [0.717, 1.165) is 16.7 Å². The van der Waals surface area contributed by atoms with E-state index in [4.69, 9.17) is 10.8 Å². The van der Waals surface area contributed by atoms with Crippen LogP contribution in [0.1, 0.15) is 10.4 Å². The first-order chi connectivity index (χ1) is 9.15. The van der Waals surface area contributed by atoms with Gasteiger partial charge in [0.15, 0.2) is 0 Å². The third-order valence-electron chi connectivity index (χ3n) is 2.96. The summed E-state index contributed by atoms with van der Waals surface area (Å²) in [5.74, 6) is -0.935. The highest BCUT2D eigenvalue weighted by atomic mass is 16.4. The number of hydrogen-bond donors (Lipinski definition) is 2. The van der Waals surface area contributed by atoms with E-state index < -0.39 is 5.97 Å². The summed E-state index contributed by atoms with van der Waals surface area (Å²) in [5.41, 5.74) is 9.23. The van der Waals surface area contributed by atoms with Gasteiger partial charge in [0.05, 0.1) is 16.6 Å². The number of nitrogen functional groups attached to an aromatic ring is 1. The van der Waals surface area contributed by atoms with Crippen molar-refractivity contribution in [2.45, 2.75) is 0 Å². The van der Waals surface area contributed by atoms with E-state index >= 15 is 0 Å². The van der Waals surface area contributed by atoms with Crippen molar-refractivity contribution in [1.29, 1.82) is 0 Å². The second-order valence-corrected chi connectivity index (χ2v) is 4.21. The minimum atomic E-state index is -0.935. The van der Waals surface area contributed by atoms with Crippen LogP contribution in [-0.2, 0) is 0 Å². The molecule has 0 fully saturated rings. The van der Waals surface area contributed by atoms with Crippen LogP contribution in [0.4, 0.5) is 5.69 Å². The Hall–Kier alpha value is -2.82. The number of fused-ring (bicyclic) bond motifs is 1. The first-order valence-electron chi connectivity index (χ1n) is 5.71. The van der Waals surface area contributed by atoms with Gasteiger partial charge in [0.1, 0.15) is 6.33 Å². The van der Waals surface area contributed by atoms with Crippen LogP contribution >= 0.6 is 0 Å². The average molecular weight is 253 g/mol. The topological polar surface area (TPSA) is 81.1 Å². The third-order valence-corrected chi connectivity index (χ3v) is 2.96. The molecule has 0 saturated carbocycles. The molecule has 0 unspecified atom stereocenters. The van der Waals surface area contributed by atoms with E-state index in [1.807, 2.05) is 16.7 Å². The molecule has 19 heavy (non-hydrogen) atoms. The quantitative estimate of drug-likeness (QED) is 0.687. The number of aromatic carboxylic acids is 1. The lowest BCUT2D eigenvalue weighted by Gasteiger charge is -2.04. The van der Waals surface area contributed by atoms with E-state index in [1.165, 1.54) is 0 Å². The largest absolute Gasteiger partial charge is 0.478 e. The number of aromatic nitrogens is 2. The Morgan fingerprint density at radius 2 is 1.89 bits per heavy atom. The lowest BCUT2D eigenvalue weighted by Crippen LogP contribution is -1.97. The second kappa shape index (κ2) is 4.13. The summed E-state index contributed by atoms with van der Waals surface area (Å²) in [6.45, 7) is 0. The molecule has 3 aromatic rings. The fraction of sp³-hybridized carbons (Fsp3) is 0. The summed E-state index contributed by atoms with van der Waals surface area (Å²) in [4.78, 5) is 15.1. The summed E-state index contributed by atoms with van der Waals surface area (Å²) >= 11 is 0. The molecule has 0 atom stereocenters. The number of carboxylic acid groups (broad SMARTS) is 1. The standard InChI is InChI=1S/C14H11N3O2/c15-10-3-6-13-12(7-10)16-8-17(13)11-4-1-9(2-5-11)14(18)19/h1-8H,15H2,(H,18,19). The Labute approximate surface area is 108 Å². The van der Waals surface area contributed by atoms with Gasteiger partial charge in [0.2, 0.25) is 0 Å². The van der Waals surface area contributed by atoms with Crippen molar-refractivity contribution in [3.63, 3.8) is 0 Å². The molecule has 3 N–H and O–H groups in total. The van der Waals surface area contributed by atoms with Crippen molar-refractivity contribution in [3.8, 4) is 5.69 Å². The van der Waals surface area contributed by atoms with Crippen LogP contribution in [0.25, 0.3) is 16.7 Å². The van der Waals surface area contributed by atoms with Crippen molar-refractivity contribution in [1.82, 2.24) is 9.55 Å². The molecular formula is C14H11N3O2. The van der Waals surface area contributed by atoms with Gasteiger partial charge in [0.25, 0.3) is 0 Å². The number of nitrogens with zero attached hydrogens (tertiary/aromatic N) is 2. The smallest absolute Gasteiger partial charge is 0.335 e. The molecule has 94 valence electrons. The van der Waals surface area contributed by atoms with E-state index in [-0.39, 0.29) is 5.56 Å². The average Bonchev–Trinajstić information content (AvgIpc) is 2.81. The van der Waals surface area contributed by atoms with Crippen LogP contribution in [0.5, 0.6) is 0 Å². The highest BCUT2D eigenvalue weighted by Crippen LogP contribution is 2.20. The highest BCUT2D eigenvalue weighted by Gasteiger charge is 2.06. The van der Waals surface area contributed by atoms with Gasteiger partial charge < -0.3 is 10.8 Å². The number of benzene rings is 2. The number of hydrogen-bond acceptors (Lipinski definition) is 3. The monoisotopic (exact) mass is 253 g/mol. The van der Waals surface area contributed by atoms with Gasteiger partial charge in [-0.3, -0.25) is 4.57 Å². The molecular weight excluding hydrogens is 242 g/mol. The Morgan fingerprint density at radius 1 is 1.16 bits per heavy atom. The maximum Gasteiger partial charge on any atom is 0.335 e. The second-order valence-electron chi connectivity index (χ2n) is 4.21. The number of anilines is 1. The zero-order valence-electron chi connectivity index (χ0n) is 9.95. The van der Waals surface area contributed by atoms with Gasteiger partial charge in [-0.05, 0) is 42.5 Å². The molecule has 0 aliphatic heterocycles. The molecule has 5 heteroatoms. The molecule has 2 aromatic carbocycles. The molecule has 0 bridgehead atoms. The summed E-state index contributed by atoms with van der Waals surface area (Å²) in [6, 6.07) is 12.1. The maximum absolute atomic E-state index is 10.8. The van der Waals surface area contributed by atoms with Crippen molar-refractivity contribution in [3.05, 3.63) is 54.4 Å². The van der Waals surface area contributed by atoms with Crippen molar-refractivity contribution in [2.75, 3.05) is 5.73 Å². The third kappa shape index (κ3) is 1.91. The van der Waals surface area contributed by atoms with Crippen LogP contribution in [0.15, 0.2) is 48.8 Å². The molecule has 0 saturated heterocycles. The lowest BCUT2D eigenvalue weighted by atomic mass is 10.2. The minimum absolute atomic E-state index is 0.261. The van der Waals surface area contributed by atoms with Crippen LogP contribution in [0.2, 0.25) is 0 Å². The van der Waals surface area contributed by atoms with Gasteiger partial charge >= 0.3 is 5.97 Å². The Balaban J connectivity index is 2.11. The van der Waals surface area contributed by atoms with Crippen LogP contribution in [0.3, 0.4) is 0 Å². The molecule has 0 spiro atoms. The van der Waals surface area contributed by atoms with Crippen molar-refractivity contribution in [2.24, 2.45) is 0 Å². The number of nitrogens with two attached hydrogens (primary N) is 1. The zero-order chi connectivity index (χ0) is 13.4. The molecule has 3 rings (SSSR count). The predicted molar refractivity (Wildman–Crippen MR) is 72.4 cm³/mol. The van der Waals surface area contributed by atoms with Crippen LogP contribution < -0.4 is 5.73 Å². The summed E-state index contributed by atoms with van der Waals surface area (Å²) < 4.78 is 1.89. The molecule has 5 nitrogen and oxygen atoms in total. The van der Waals surface area contributed by atoms with Crippen LogP contribution in [0, 0.1) is 0 Å². The summed E-state index contributed by atoms with van der Waals surface area (Å²) in [7, 11) is 0. The lowest BCUT2D eigenvalue weighted by molar-refractivity contribution is 0.0697. The Kier molecular flexibility index (Phi) is 2.45. The predicted octanol–water partition coefficient (Wildman–Crippen LogP) is 2.31. The number of imidazole rings is 1. The summed E-state index contributed by atoms with van der Waals surface area (Å²) in [5, 5.41) is 8.88. The molecule has 1 aromatic heterocycles. The minimum Gasteiger partial charge on any atom is -0.478 e. The van der Waals surface area contributed by atoms with Gasteiger partial charge in [-0.15, -0.1) is 0 Å². The molecule has 0 amide bonds. The van der Waals surface area contributed by atoms with Gasteiger partial charge in [0, 0.05) is 11.4 Å². The molecule has 1 heterocycles. The maximum atomic E-state index is 10.8. The molecule has 0 aliphatic rings. The first-order valence-corrected chi connectivity index (χ1v) is 5.71. The zero-order valence-corrected chi connectivity index (χ0v) is 9.95. The number of rotatable bonds is 2. The van der Waals surface area contributed by atoms with Crippen LogP contribution in [-0.4, -0.2) is 20.6 Å². The van der Waals surface area contributed by atoms with E-state index in [2.05, 4.69) is 4.98 Å². The molecule has 0 aliphatic carbocycles. The van der Waals surface area contributed by atoms with Gasteiger partial charge in [-0.25, -0.2) is 9.78 Å². The highest BCUT2D eigenvalue weighted by molar-refractivity contribution is 5.88. The first kappa shape index (κ1) is 11.3. The number of carboxylic acids is 1. The number of carbonyl (C=O) groups is 1. The normalized spacial score (nSPS) is 10.7. The fourth-order valence-corrected chi connectivity index (χ4v) is 2.00. The fourth-order valence-electron chi connectivity index (χ4n) is 2.00. The Morgan fingerprint density at radius 3 is 2.58 bits per heavy atom. The Bertz CT molecular complexity index is 760. The molecule has 0 radical (unpaired) electrons. The van der Waals surface area contributed by atoms with E-state index in [0.29, 0.717) is 5.69 Å². The summed E-state index contributed by atoms with van der Waals surface area (Å²) in [6.07, 6.45) is 1.69. The van der Waals surface area contributed by atoms with Crippen molar-refractivity contribution >= 4 is 22.7 Å². The van der Waals surface area contributed by atoms with E-state index in [1.54, 1.807) is 36.7 Å². The van der Waals surface area contributed by atoms with E-state index in [9.17, 15) is 4.79 Å². The SMILES string of the molecule is Nc1ccc2c(c1)ncn2-c1ccc(C(=O)O)cc1.